The highest BCUT2D eigenvalue weighted by molar-refractivity contribution is 5.75. The van der Waals surface area contributed by atoms with Crippen molar-refractivity contribution in [1.29, 1.82) is 0 Å². The number of Topliss-reactive ketones (excluding diaryl/α,β-unsaturated/α-hetero) is 1. The van der Waals surface area contributed by atoms with Crippen LogP contribution in [0.5, 0.6) is 0 Å². The fourth-order valence-electron chi connectivity index (χ4n) is 1.69. The number of rotatable bonds is 3. The number of ketones is 1. The van der Waals surface area contributed by atoms with Gasteiger partial charge in [-0.15, -0.1) is 0 Å². The highest BCUT2D eigenvalue weighted by Crippen LogP contribution is 2.26. The van der Waals surface area contributed by atoms with Gasteiger partial charge in [-0.2, -0.15) is 0 Å². The second-order valence-electron chi connectivity index (χ2n) is 3.37. The van der Waals surface area contributed by atoms with Crippen molar-refractivity contribution >= 4 is 5.78 Å². The topological polar surface area (TPSA) is 26.3 Å². The van der Waals surface area contributed by atoms with Crippen LogP contribution in [0.15, 0.2) is 0 Å². The molecule has 0 aromatic heterocycles. The van der Waals surface area contributed by atoms with Crippen molar-refractivity contribution in [2.24, 2.45) is 11.8 Å². The van der Waals surface area contributed by atoms with E-state index in [1.165, 1.54) is 0 Å². The van der Waals surface area contributed by atoms with Gasteiger partial charge in [-0.1, -0.05) is 13.3 Å². The van der Waals surface area contributed by atoms with Crippen LogP contribution in [-0.2, 0) is 9.53 Å². The molecule has 1 fully saturated rings. The summed E-state index contributed by atoms with van der Waals surface area (Å²) in [5, 5.41) is 0. The zero-order valence-corrected chi connectivity index (χ0v) is 7.30. The standard InChI is InChI=1S/C9H16O2/c1-3-8-5-11-6-9(8)4-7(2)10/h8-9H,3-6H2,1-2H3/t8-,9-/m1/s1. The summed E-state index contributed by atoms with van der Waals surface area (Å²) in [5.74, 6) is 1.41. The SMILES string of the molecule is CC[C@@H]1COC[C@H]1CC(C)=O. The first-order chi connectivity index (χ1) is 5.24. The van der Waals surface area contributed by atoms with E-state index in [9.17, 15) is 4.79 Å². The Bertz CT molecular complexity index is 142. The highest BCUT2D eigenvalue weighted by Gasteiger charge is 2.27. The summed E-state index contributed by atoms with van der Waals surface area (Å²) in [6.07, 6.45) is 1.84. The molecule has 11 heavy (non-hydrogen) atoms. The smallest absolute Gasteiger partial charge is 0.130 e. The maximum atomic E-state index is 10.8. The van der Waals surface area contributed by atoms with E-state index in [1.54, 1.807) is 6.92 Å². The molecule has 0 aliphatic carbocycles. The van der Waals surface area contributed by atoms with E-state index in [0.29, 0.717) is 24.0 Å². The molecule has 2 heteroatoms. The Morgan fingerprint density at radius 2 is 2.09 bits per heavy atom. The van der Waals surface area contributed by atoms with Crippen LogP contribution in [0.3, 0.4) is 0 Å². The van der Waals surface area contributed by atoms with E-state index < -0.39 is 0 Å². The van der Waals surface area contributed by atoms with Gasteiger partial charge in [0.15, 0.2) is 0 Å². The zero-order valence-electron chi connectivity index (χ0n) is 7.30. The van der Waals surface area contributed by atoms with Gasteiger partial charge in [0.25, 0.3) is 0 Å². The minimum atomic E-state index is 0.291. The van der Waals surface area contributed by atoms with Crippen molar-refractivity contribution in [3.8, 4) is 0 Å². The first-order valence-electron chi connectivity index (χ1n) is 4.31. The normalized spacial score (nSPS) is 30.7. The molecular weight excluding hydrogens is 140 g/mol. The lowest BCUT2D eigenvalue weighted by Crippen LogP contribution is -2.14. The van der Waals surface area contributed by atoms with Gasteiger partial charge in [-0.3, -0.25) is 0 Å². The molecule has 0 saturated carbocycles. The van der Waals surface area contributed by atoms with Crippen LogP contribution in [0.4, 0.5) is 0 Å². The average molecular weight is 156 g/mol. The minimum Gasteiger partial charge on any atom is -0.381 e. The van der Waals surface area contributed by atoms with Crippen LogP contribution in [0, 0.1) is 11.8 Å². The van der Waals surface area contributed by atoms with Gasteiger partial charge in [-0.25, -0.2) is 0 Å². The maximum absolute atomic E-state index is 10.8. The first kappa shape index (κ1) is 8.72. The van der Waals surface area contributed by atoms with Crippen molar-refractivity contribution in [3.63, 3.8) is 0 Å². The lowest BCUT2D eigenvalue weighted by Gasteiger charge is -2.12. The van der Waals surface area contributed by atoms with Crippen LogP contribution >= 0.6 is 0 Å². The third-order valence-corrected chi connectivity index (χ3v) is 2.40. The molecule has 0 unspecified atom stereocenters. The Balaban J connectivity index is 2.37. The van der Waals surface area contributed by atoms with Crippen molar-refractivity contribution in [2.45, 2.75) is 26.7 Å². The molecule has 0 N–H and O–H groups in total. The molecule has 0 aromatic carbocycles. The summed E-state index contributed by atoms with van der Waals surface area (Å²) in [7, 11) is 0. The van der Waals surface area contributed by atoms with E-state index in [0.717, 1.165) is 19.6 Å². The quantitative estimate of drug-likeness (QED) is 0.621. The van der Waals surface area contributed by atoms with Gasteiger partial charge in [0.2, 0.25) is 0 Å². The van der Waals surface area contributed by atoms with Crippen LogP contribution in [0.25, 0.3) is 0 Å². The van der Waals surface area contributed by atoms with E-state index >= 15 is 0 Å². The van der Waals surface area contributed by atoms with Crippen LogP contribution < -0.4 is 0 Å². The summed E-state index contributed by atoms with van der Waals surface area (Å²) in [6.45, 7) is 5.46. The third kappa shape index (κ3) is 2.29. The Morgan fingerprint density at radius 3 is 2.64 bits per heavy atom. The molecule has 1 heterocycles. The molecule has 0 radical (unpaired) electrons. The van der Waals surface area contributed by atoms with E-state index in [4.69, 9.17) is 4.74 Å². The van der Waals surface area contributed by atoms with Gasteiger partial charge >= 0.3 is 0 Å². The summed E-state index contributed by atoms with van der Waals surface area (Å²) in [4.78, 5) is 10.8. The average Bonchev–Trinajstić information content (AvgIpc) is 2.34. The van der Waals surface area contributed by atoms with E-state index in [-0.39, 0.29) is 0 Å². The largest absolute Gasteiger partial charge is 0.381 e. The van der Waals surface area contributed by atoms with Crippen LogP contribution in [-0.4, -0.2) is 19.0 Å². The second-order valence-corrected chi connectivity index (χ2v) is 3.37. The van der Waals surface area contributed by atoms with Gasteiger partial charge in [0, 0.05) is 13.0 Å². The number of hydrogen-bond acceptors (Lipinski definition) is 2. The molecule has 2 atom stereocenters. The van der Waals surface area contributed by atoms with Crippen molar-refractivity contribution in [3.05, 3.63) is 0 Å². The molecule has 1 aliphatic rings. The third-order valence-electron chi connectivity index (χ3n) is 2.40. The molecule has 1 saturated heterocycles. The number of carbonyl (C=O) groups excluding carboxylic acids is 1. The van der Waals surface area contributed by atoms with Crippen LogP contribution in [0.2, 0.25) is 0 Å². The Hall–Kier alpha value is -0.370. The Labute approximate surface area is 67.9 Å². The van der Waals surface area contributed by atoms with Crippen LogP contribution in [0.1, 0.15) is 26.7 Å². The van der Waals surface area contributed by atoms with Gasteiger partial charge in [-0.05, 0) is 18.8 Å². The van der Waals surface area contributed by atoms with Crippen molar-refractivity contribution < 1.29 is 9.53 Å². The Kier molecular flexibility index (Phi) is 3.06. The summed E-state index contributed by atoms with van der Waals surface area (Å²) < 4.78 is 5.31. The van der Waals surface area contributed by atoms with Gasteiger partial charge < -0.3 is 9.53 Å². The zero-order chi connectivity index (χ0) is 8.27. The molecule has 0 spiro atoms. The first-order valence-corrected chi connectivity index (χ1v) is 4.31. The summed E-state index contributed by atoms with van der Waals surface area (Å²) in [6, 6.07) is 0. The number of hydrogen-bond donors (Lipinski definition) is 0. The maximum Gasteiger partial charge on any atom is 0.130 e. The lowest BCUT2D eigenvalue weighted by molar-refractivity contribution is -0.118. The molecule has 0 aromatic rings. The fourth-order valence-corrected chi connectivity index (χ4v) is 1.69. The molecule has 2 nitrogen and oxygen atoms in total. The molecule has 0 amide bonds. The predicted octanol–water partition coefficient (Wildman–Crippen LogP) is 1.64. The minimum absolute atomic E-state index is 0.291. The van der Waals surface area contributed by atoms with E-state index in [2.05, 4.69) is 6.92 Å². The summed E-state index contributed by atoms with van der Waals surface area (Å²) >= 11 is 0. The molecule has 1 aliphatic heterocycles. The monoisotopic (exact) mass is 156 g/mol. The number of ether oxygens (including phenoxy) is 1. The van der Waals surface area contributed by atoms with Gasteiger partial charge in [0.1, 0.15) is 5.78 Å². The Morgan fingerprint density at radius 1 is 1.45 bits per heavy atom. The molecular formula is C9H16O2. The van der Waals surface area contributed by atoms with Crippen molar-refractivity contribution in [2.75, 3.05) is 13.2 Å². The lowest BCUT2D eigenvalue weighted by atomic mass is 9.90. The second kappa shape index (κ2) is 3.86. The van der Waals surface area contributed by atoms with E-state index in [1.807, 2.05) is 0 Å². The predicted molar refractivity (Wildman–Crippen MR) is 43.4 cm³/mol. The molecule has 1 rings (SSSR count). The summed E-state index contributed by atoms with van der Waals surface area (Å²) in [5.41, 5.74) is 0. The highest BCUT2D eigenvalue weighted by atomic mass is 16.5. The molecule has 0 bridgehead atoms. The van der Waals surface area contributed by atoms with Gasteiger partial charge in [0.05, 0.1) is 6.61 Å². The van der Waals surface area contributed by atoms with Crippen molar-refractivity contribution in [1.82, 2.24) is 0 Å². The number of carbonyl (C=O) groups is 1. The fraction of sp³-hybridized carbons (Fsp3) is 0.889. The molecule has 64 valence electrons.